The van der Waals surface area contributed by atoms with Gasteiger partial charge in [-0.3, -0.25) is 5.84 Å². The van der Waals surface area contributed by atoms with Crippen LogP contribution in [0.25, 0.3) is 0 Å². The first-order valence-electron chi connectivity index (χ1n) is 4.94. The van der Waals surface area contributed by atoms with Gasteiger partial charge in [-0.05, 0) is 45.9 Å². The molecule has 2 rings (SSSR count). The number of rotatable bonds is 4. The van der Waals surface area contributed by atoms with Crippen molar-refractivity contribution in [2.24, 2.45) is 5.84 Å². The molecule has 3 N–H and O–H groups in total. The molecule has 0 bridgehead atoms. The zero-order valence-corrected chi connectivity index (χ0v) is 11.3. The van der Waals surface area contributed by atoms with Gasteiger partial charge in [-0.2, -0.15) is 0 Å². The van der Waals surface area contributed by atoms with E-state index in [9.17, 15) is 0 Å². The highest BCUT2D eigenvalue weighted by Crippen LogP contribution is 2.29. The third-order valence-electron chi connectivity index (χ3n) is 2.50. The first kappa shape index (κ1) is 11.9. The maximum atomic E-state index is 5.58. The molecule has 2 heterocycles. The van der Waals surface area contributed by atoms with Crippen LogP contribution in [0.5, 0.6) is 0 Å². The quantitative estimate of drug-likeness (QED) is 0.674. The molecule has 0 aromatic carbocycles. The molecule has 86 valence electrons. The predicted octanol–water partition coefficient (Wildman–Crippen LogP) is 3.16. The second kappa shape index (κ2) is 5.14. The van der Waals surface area contributed by atoms with Gasteiger partial charge in [0.25, 0.3) is 0 Å². The van der Waals surface area contributed by atoms with Crippen LogP contribution in [0.1, 0.15) is 22.2 Å². The van der Waals surface area contributed by atoms with Crippen molar-refractivity contribution in [2.75, 3.05) is 0 Å². The number of halogens is 1. The maximum absolute atomic E-state index is 5.58. The van der Waals surface area contributed by atoms with Crippen LogP contribution in [-0.4, -0.2) is 0 Å². The summed E-state index contributed by atoms with van der Waals surface area (Å²) in [5, 5.41) is 2.06. The van der Waals surface area contributed by atoms with E-state index < -0.39 is 0 Å². The van der Waals surface area contributed by atoms with Crippen LogP contribution in [0.4, 0.5) is 0 Å². The van der Waals surface area contributed by atoms with Gasteiger partial charge in [0.2, 0.25) is 0 Å². The van der Waals surface area contributed by atoms with Gasteiger partial charge in [0, 0.05) is 15.8 Å². The number of hydrogen-bond acceptors (Lipinski definition) is 4. The van der Waals surface area contributed by atoms with Crippen molar-refractivity contribution < 1.29 is 4.42 Å². The van der Waals surface area contributed by atoms with E-state index in [-0.39, 0.29) is 6.04 Å². The van der Waals surface area contributed by atoms with Crippen molar-refractivity contribution in [3.63, 3.8) is 0 Å². The Morgan fingerprint density at radius 2 is 2.38 bits per heavy atom. The molecule has 2 aromatic heterocycles. The average molecular weight is 301 g/mol. The van der Waals surface area contributed by atoms with Gasteiger partial charge in [0.1, 0.15) is 5.76 Å². The summed E-state index contributed by atoms with van der Waals surface area (Å²) in [6.07, 6.45) is 2.52. The van der Waals surface area contributed by atoms with E-state index in [1.54, 1.807) is 17.6 Å². The summed E-state index contributed by atoms with van der Waals surface area (Å²) in [6.45, 7) is 2.02. The average Bonchev–Trinajstić information content (AvgIpc) is 2.85. The fourth-order valence-electron chi connectivity index (χ4n) is 1.62. The van der Waals surface area contributed by atoms with E-state index in [0.29, 0.717) is 0 Å². The van der Waals surface area contributed by atoms with Crippen LogP contribution < -0.4 is 11.3 Å². The molecule has 0 aliphatic rings. The van der Waals surface area contributed by atoms with E-state index in [2.05, 4.69) is 26.7 Å². The van der Waals surface area contributed by atoms with E-state index >= 15 is 0 Å². The molecule has 0 saturated carbocycles. The summed E-state index contributed by atoms with van der Waals surface area (Å²) in [5.41, 5.74) is 3.92. The second-order valence-electron chi connectivity index (χ2n) is 3.58. The molecule has 16 heavy (non-hydrogen) atoms. The number of thiophene rings is 1. The number of hydrogen-bond donors (Lipinski definition) is 2. The third kappa shape index (κ3) is 2.38. The summed E-state index contributed by atoms with van der Waals surface area (Å²) in [4.78, 5) is 1.26. The first-order chi connectivity index (χ1) is 7.72. The van der Waals surface area contributed by atoms with Crippen molar-refractivity contribution in [2.45, 2.75) is 19.4 Å². The Morgan fingerprint density at radius 1 is 1.56 bits per heavy atom. The zero-order chi connectivity index (χ0) is 11.5. The molecule has 3 nitrogen and oxygen atoms in total. The van der Waals surface area contributed by atoms with Crippen LogP contribution in [0.2, 0.25) is 0 Å². The Bertz CT molecular complexity index is 466. The topological polar surface area (TPSA) is 51.2 Å². The molecule has 0 saturated heterocycles. The summed E-state index contributed by atoms with van der Waals surface area (Å²) in [5.74, 6) is 6.48. The molecule has 1 atom stereocenters. The van der Waals surface area contributed by atoms with Crippen LogP contribution in [0, 0.1) is 6.92 Å². The summed E-state index contributed by atoms with van der Waals surface area (Å²) >= 11 is 5.23. The molecule has 0 radical (unpaired) electrons. The van der Waals surface area contributed by atoms with Crippen molar-refractivity contribution >= 4 is 27.3 Å². The SMILES string of the molecule is Cc1ccoc1C(Cc1sccc1Br)NN. The molecular weight excluding hydrogens is 288 g/mol. The molecule has 0 aliphatic carbocycles. The standard InChI is InChI=1S/C11H13BrN2OS/c1-7-2-4-15-11(7)9(14-13)6-10-8(12)3-5-16-10/h2-5,9,14H,6,13H2,1H3. The molecule has 0 spiro atoms. The fourth-order valence-corrected chi connectivity index (χ4v) is 3.19. The van der Waals surface area contributed by atoms with Gasteiger partial charge in [0.15, 0.2) is 0 Å². The minimum absolute atomic E-state index is 0.0185. The van der Waals surface area contributed by atoms with Gasteiger partial charge in [-0.1, -0.05) is 0 Å². The summed E-state index contributed by atoms with van der Waals surface area (Å²) < 4.78 is 6.58. The number of furan rings is 1. The molecule has 1 unspecified atom stereocenters. The van der Waals surface area contributed by atoms with Crippen LogP contribution in [-0.2, 0) is 6.42 Å². The van der Waals surface area contributed by atoms with Gasteiger partial charge in [-0.25, -0.2) is 5.43 Å². The second-order valence-corrected chi connectivity index (χ2v) is 5.44. The number of nitrogens with two attached hydrogens (primary N) is 1. The van der Waals surface area contributed by atoms with Crippen LogP contribution >= 0.6 is 27.3 Å². The zero-order valence-electron chi connectivity index (χ0n) is 8.87. The van der Waals surface area contributed by atoms with Crippen molar-refractivity contribution in [1.82, 2.24) is 5.43 Å². The molecule has 2 aromatic rings. The fraction of sp³-hybridized carbons (Fsp3) is 0.273. The van der Waals surface area contributed by atoms with Crippen molar-refractivity contribution in [3.8, 4) is 0 Å². The molecule has 0 aliphatic heterocycles. The van der Waals surface area contributed by atoms with Gasteiger partial charge in [0.05, 0.1) is 12.3 Å². The van der Waals surface area contributed by atoms with Gasteiger partial charge in [-0.15, -0.1) is 11.3 Å². The largest absolute Gasteiger partial charge is 0.467 e. The monoisotopic (exact) mass is 300 g/mol. The van der Waals surface area contributed by atoms with E-state index in [4.69, 9.17) is 10.3 Å². The smallest absolute Gasteiger partial charge is 0.125 e. The maximum Gasteiger partial charge on any atom is 0.125 e. The lowest BCUT2D eigenvalue weighted by Crippen LogP contribution is -2.29. The highest BCUT2D eigenvalue weighted by atomic mass is 79.9. The van der Waals surface area contributed by atoms with Crippen LogP contribution in [0.15, 0.2) is 32.7 Å². The highest BCUT2D eigenvalue weighted by Gasteiger charge is 2.17. The van der Waals surface area contributed by atoms with E-state index in [1.807, 2.05) is 19.1 Å². The molecular formula is C11H13BrN2OS. The number of nitrogens with one attached hydrogen (secondary N) is 1. The minimum Gasteiger partial charge on any atom is -0.467 e. The molecule has 5 heteroatoms. The lowest BCUT2D eigenvalue weighted by molar-refractivity contribution is 0.414. The Kier molecular flexibility index (Phi) is 3.81. The van der Waals surface area contributed by atoms with E-state index in [0.717, 1.165) is 22.2 Å². The molecule has 0 fully saturated rings. The van der Waals surface area contributed by atoms with Crippen molar-refractivity contribution in [1.29, 1.82) is 0 Å². The first-order valence-corrected chi connectivity index (χ1v) is 6.61. The Hall–Kier alpha value is -0.620. The number of hydrazine groups is 1. The van der Waals surface area contributed by atoms with Crippen LogP contribution in [0.3, 0.4) is 0 Å². The van der Waals surface area contributed by atoms with Gasteiger partial charge < -0.3 is 4.42 Å². The Morgan fingerprint density at radius 3 is 2.88 bits per heavy atom. The van der Waals surface area contributed by atoms with E-state index in [1.165, 1.54) is 4.88 Å². The highest BCUT2D eigenvalue weighted by molar-refractivity contribution is 9.10. The number of aryl methyl sites for hydroxylation is 1. The third-order valence-corrected chi connectivity index (χ3v) is 4.45. The summed E-state index contributed by atoms with van der Waals surface area (Å²) in [7, 11) is 0. The Balaban J connectivity index is 2.19. The predicted molar refractivity (Wildman–Crippen MR) is 69.2 cm³/mol. The van der Waals surface area contributed by atoms with Gasteiger partial charge >= 0.3 is 0 Å². The lowest BCUT2D eigenvalue weighted by atomic mass is 10.1. The Labute approximate surface area is 107 Å². The minimum atomic E-state index is 0.0185. The normalized spacial score (nSPS) is 12.9. The molecule has 0 amide bonds. The lowest BCUT2D eigenvalue weighted by Gasteiger charge is -2.13. The van der Waals surface area contributed by atoms with Crippen molar-refractivity contribution in [3.05, 3.63) is 44.4 Å². The summed E-state index contributed by atoms with van der Waals surface area (Å²) in [6, 6.07) is 4.01.